The Bertz CT molecular complexity index is 580. The summed E-state index contributed by atoms with van der Waals surface area (Å²) in [6.45, 7) is 0. The minimum absolute atomic E-state index is 0.0342. The molecule has 1 amide bonds. The third-order valence-electron chi connectivity index (χ3n) is 3.25. The van der Waals surface area contributed by atoms with E-state index in [4.69, 9.17) is 5.73 Å². The maximum Gasteiger partial charge on any atom is 0.259 e. The molecule has 1 atom stereocenters. The minimum Gasteiger partial charge on any atom is -0.311 e. The van der Waals surface area contributed by atoms with Crippen molar-refractivity contribution in [2.45, 2.75) is 12.6 Å². The van der Waals surface area contributed by atoms with Crippen LogP contribution in [0.15, 0.2) is 54.6 Å². The molecule has 1 aliphatic rings. The molecule has 3 rings (SSSR count). The Morgan fingerprint density at radius 3 is 2.50 bits per heavy atom. The molecule has 0 spiro atoms. The van der Waals surface area contributed by atoms with Crippen molar-refractivity contribution in [1.29, 1.82) is 0 Å². The van der Waals surface area contributed by atoms with Crippen LogP contribution in [0.2, 0.25) is 0 Å². The van der Waals surface area contributed by atoms with E-state index in [1.165, 1.54) is 0 Å². The quantitative estimate of drug-likeness (QED) is 0.827. The lowest BCUT2D eigenvalue weighted by Crippen LogP contribution is -2.43. The van der Waals surface area contributed by atoms with Gasteiger partial charge in [-0.05, 0) is 23.8 Å². The van der Waals surface area contributed by atoms with Crippen LogP contribution in [0.25, 0.3) is 0 Å². The molecule has 90 valence electrons. The molecule has 1 heterocycles. The number of benzene rings is 2. The fourth-order valence-electron chi connectivity index (χ4n) is 2.39. The van der Waals surface area contributed by atoms with Gasteiger partial charge in [-0.3, -0.25) is 9.69 Å². The maximum absolute atomic E-state index is 12.5. The smallest absolute Gasteiger partial charge is 0.259 e. The van der Waals surface area contributed by atoms with E-state index in [1.54, 1.807) is 4.90 Å². The van der Waals surface area contributed by atoms with Gasteiger partial charge in [0, 0.05) is 17.7 Å². The van der Waals surface area contributed by atoms with E-state index >= 15 is 0 Å². The van der Waals surface area contributed by atoms with Crippen molar-refractivity contribution >= 4 is 11.6 Å². The molecule has 2 N–H and O–H groups in total. The van der Waals surface area contributed by atoms with Gasteiger partial charge in [0.15, 0.2) is 0 Å². The lowest BCUT2D eigenvalue weighted by molar-refractivity contribution is 0.0980. The molecule has 0 radical (unpaired) electrons. The van der Waals surface area contributed by atoms with Crippen LogP contribution in [-0.4, -0.2) is 12.1 Å². The summed E-state index contributed by atoms with van der Waals surface area (Å²) in [6, 6.07) is 17.1. The van der Waals surface area contributed by atoms with E-state index in [9.17, 15) is 4.79 Å². The molecule has 0 aromatic heterocycles. The van der Waals surface area contributed by atoms with Gasteiger partial charge in [-0.25, -0.2) is 0 Å². The van der Waals surface area contributed by atoms with Gasteiger partial charge in [0.25, 0.3) is 5.91 Å². The minimum atomic E-state index is -0.268. The van der Waals surface area contributed by atoms with Crippen LogP contribution in [0.1, 0.15) is 15.9 Å². The molecule has 1 aliphatic heterocycles. The van der Waals surface area contributed by atoms with Gasteiger partial charge in [0.1, 0.15) is 0 Å². The number of rotatable bonds is 1. The third-order valence-corrected chi connectivity index (χ3v) is 3.25. The molecule has 3 heteroatoms. The SMILES string of the molecule is NC1Cc2ccccc2N1C(=O)c1ccccc1. The number of fused-ring (bicyclic) bond motifs is 1. The van der Waals surface area contributed by atoms with Crippen LogP contribution < -0.4 is 10.6 Å². The largest absolute Gasteiger partial charge is 0.311 e. The van der Waals surface area contributed by atoms with Gasteiger partial charge in [0.05, 0.1) is 6.17 Å². The average Bonchev–Trinajstić information content (AvgIpc) is 2.75. The first-order valence-electron chi connectivity index (χ1n) is 5.99. The highest BCUT2D eigenvalue weighted by molar-refractivity contribution is 6.07. The van der Waals surface area contributed by atoms with E-state index in [1.807, 2.05) is 54.6 Å². The number of hydrogen-bond acceptors (Lipinski definition) is 2. The molecule has 0 fully saturated rings. The Kier molecular flexibility index (Phi) is 2.61. The number of carbonyl (C=O) groups excluding carboxylic acids is 1. The lowest BCUT2D eigenvalue weighted by atomic mass is 10.1. The zero-order valence-corrected chi connectivity index (χ0v) is 9.91. The molecule has 18 heavy (non-hydrogen) atoms. The highest BCUT2D eigenvalue weighted by Crippen LogP contribution is 2.31. The molecule has 3 nitrogen and oxygen atoms in total. The summed E-state index contributed by atoms with van der Waals surface area (Å²) in [6.07, 6.45) is 0.449. The van der Waals surface area contributed by atoms with Crippen molar-refractivity contribution in [3.8, 4) is 0 Å². The van der Waals surface area contributed by atoms with Gasteiger partial charge >= 0.3 is 0 Å². The summed E-state index contributed by atoms with van der Waals surface area (Å²) in [5.41, 5.74) is 8.81. The second kappa shape index (κ2) is 4.27. The summed E-state index contributed by atoms with van der Waals surface area (Å²) in [5.74, 6) is -0.0342. The zero-order chi connectivity index (χ0) is 12.5. The molecule has 2 aromatic carbocycles. The Morgan fingerprint density at radius 2 is 1.72 bits per heavy atom. The first kappa shape index (κ1) is 11.0. The standard InChI is InChI=1S/C15H14N2O/c16-14-10-12-8-4-5-9-13(12)17(14)15(18)11-6-2-1-3-7-11/h1-9,14H,10,16H2. The molecular weight excluding hydrogens is 224 g/mol. The van der Waals surface area contributed by atoms with Gasteiger partial charge in [-0.15, -0.1) is 0 Å². The number of nitrogens with zero attached hydrogens (tertiary/aromatic N) is 1. The van der Waals surface area contributed by atoms with Gasteiger partial charge in [-0.2, -0.15) is 0 Å². The number of carbonyl (C=O) groups is 1. The summed E-state index contributed by atoms with van der Waals surface area (Å²) < 4.78 is 0. The van der Waals surface area contributed by atoms with Crippen LogP contribution >= 0.6 is 0 Å². The van der Waals surface area contributed by atoms with Gasteiger partial charge in [-0.1, -0.05) is 36.4 Å². The molecule has 0 saturated carbocycles. The molecular formula is C15H14N2O. The molecule has 2 aromatic rings. The van der Waals surface area contributed by atoms with Crippen LogP contribution in [0.3, 0.4) is 0 Å². The van der Waals surface area contributed by atoms with Crippen molar-refractivity contribution in [1.82, 2.24) is 0 Å². The normalized spacial score (nSPS) is 17.6. The first-order chi connectivity index (χ1) is 8.77. The summed E-state index contributed by atoms with van der Waals surface area (Å²) >= 11 is 0. The van der Waals surface area contributed by atoms with E-state index in [0.29, 0.717) is 5.56 Å². The van der Waals surface area contributed by atoms with Crippen molar-refractivity contribution in [2.24, 2.45) is 5.73 Å². The number of amides is 1. The fourth-order valence-corrected chi connectivity index (χ4v) is 2.39. The monoisotopic (exact) mass is 238 g/mol. The predicted molar refractivity (Wildman–Crippen MR) is 71.4 cm³/mol. The van der Waals surface area contributed by atoms with E-state index < -0.39 is 0 Å². The number of para-hydroxylation sites is 1. The number of hydrogen-bond donors (Lipinski definition) is 1. The van der Waals surface area contributed by atoms with Crippen LogP contribution in [0.5, 0.6) is 0 Å². The second-order valence-electron chi connectivity index (χ2n) is 4.44. The highest BCUT2D eigenvalue weighted by atomic mass is 16.2. The summed E-state index contributed by atoms with van der Waals surface area (Å²) in [5, 5.41) is 0. The van der Waals surface area contributed by atoms with E-state index in [2.05, 4.69) is 0 Å². The summed E-state index contributed by atoms with van der Waals surface area (Å²) in [4.78, 5) is 14.2. The Labute approximate surface area is 106 Å². The fraction of sp³-hybridized carbons (Fsp3) is 0.133. The molecule has 0 saturated heterocycles. The molecule has 1 unspecified atom stereocenters. The molecule has 0 bridgehead atoms. The van der Waals surface area contributed by atoms with Crippen LogP contribution in [-0.2, 0) is 6.42 Å². The number of nitrogens with two attached hydrogens (primary N) is 1. The van der Waals surface area contributed by atoms with Crippen molar-refractivity contribution in [2.75, 3.05) is 4.90 Å². The van der Waals surface area contributed by atoms with E-state index in [0.717, 1.165) is 17.7 Å². The maximum atomic E-state index is 12.5. The van der Waals surface area contributed by atoms with Gasteiger partial charge < -0.3 is 5.73 Å². The summed E-state index contributed by atoms with van der Waals surface area (Å²) in [7, 11) is 0. The molecule has 0 aliphatic carbocycles. The van der Waals surface area contributed by atoms with Crippen LogP contribution in [0, 0.1) is 0 Å². The second-order valence-corrected chi connectivity index (χ2v) is 4.44. The Morgan fingerprint density at radius 1 is 1.06 bits per heavy atom. The van der Waals surface area contributed by atoms with E-state index in [-0.39, 0.29) is 12.1 Å². The predicted octanol–water partition coefficient (Wildman–Crippen LogP) is 2.17. The Hall–Kier alpha value is -2.13. The van der Waals surface area contributed by atoms with Gasteiger partial charge in [0.2, 0.25) is 0 Å². The van der Waals surface area contributed by atoms with Crippen molar-refractivity contribution < 1.29 is 4.79 Å². The Balaban J connectivity index is 2.00. The van der Waals surface area contributed by atoms with Crippen LogP contribution in [0.4, 0.5) is 5.69 Å². The third kappa shape index (κ3) is 1.69. The number of anilines is 1. The van der Waals surface area contributed by atoms with Crippen molar-refractivity contribution in [3.05, 3.63) is 65.7 Å². The zero-order valence-electron chi connectivity index (χ0n) is 9.91. The topological polar surface area (TPSA) is 46.3 Å². The first-order valence-corrected chi connectivity index (χ1v) is 5.99. The average molecular weight is 238 g/mol. The highest BCUT2D eigenvalue weighted by Gasteiger charge is 2.31. The van der Waals surface area contributed by atoms with Crippen molar-refractivity contribution in [3.63, 3.8) is 0 Å². The lowest BCUT2D eigenvalue weighted by Gasteiger charge is -2.22.